The van der Waals surface area contributed by atoms with Crippen molar-refractivity contribution in [3.05, 3.63) is 60.2 Å². The van der Waals surface area contributed by atoms with Gasteiger partial charge < -0.3 is 9.80 Å². The lowest BCUT2D eigenvalue weighted by Gasteiger charge is -2.34. The standard InChI is InChI=1S/C20H16FN5OS/c21-14-2-1-3-17-18(14)24-20(28-17)26-10-8-25(9-11-26)19(27)13-4-5-15-16(12-13)23-7-6-22-15/h1-7,12H,8-11H2. The summed E-state index contributed by atoms with van der Waals surface area (Å²) in [4.78, 5) is 29.8. The first-order valence-corrected chi connectivity index (χ1v) is 9.81. The number of para-hydroxylation sites is 1. The zero-order chi connectivity index (χ0) is 19.1. The minimum absolute atomic E-state index is 0.0115. The molecule has 0 unspecified atom stereocenters. The van der Waals surface area contributed by atoms with Crippen LogP contribution in [0.2, 0.25) is 0 Å². The van der Waals surface area contributed by atoms with Crippen molar-refractivity contribution in [1.29, 1.82) is 0 Å². The molecule has 0 aliphatic carbocycles. The van der Waals surface area contributed by atoms with Gasteiger partial charge in [0.25, 0.3) is 5.91 Å². The predicted octanol–water partition coefficient (Wildman–Crippen LogP) is 3.34. The lowest BCUT2D eigenvalue weighted by molar-refractivity contribution is 0.0747. The monoisotopic (exact) mass is 393 g/mol. The highest BCUT2D eigenvalue weighted by Gasteiger charge is 2.24. The van der Waals surface area contributed by atoms with Crippen LogP contribution in [0.1, 0.15) is 10.4 Å². The van der Waals surface area contributed by atoms with E-state index >= 15 is 0 Å². The summed E-state index contributed by atoms with van der Waals surface area (Å²) in [5.41, 5.74) is 2.51. The van der Waals surface area contributed by atoms with Crippen LogP contribution in [0.3, 0.4) is 0 Å². The van der Waals surface area contributed by atoms with Crippen LogP contribution in [0, 0.1) is 5.82 Å². The number of carbonyl (C=O) groups is 1. The van der Waals surface area contributed by atoms with Gasteiger partial charge in [0.2, 0.25) is 0 Å². The van der Waals surface area contributed by atoms with Crippen molar-refractivity contribution in [3.8, 4) is 0 Å². The normalized spacial score (nSPS) is 14.8. The van der Waals surface area contributed by atoms with E-state index < -0.39 is 0 Å². The Balaban J connectivity index is 1.31. The third-order valence-corrected chi connectivity index (χ3v) is 5.99. The number of aromatic nitrogens is 3. The van der Waals surface area contributed by atoms with Gasteiger partial charge in [-0.05, 0) is 30.3 Å². The Morgan fingerprint density at radius 2 is 1.79 bits per heavy atom. The molecule has 8 heteroatoms. The molecule has 3 heterocycles. The second-order valence-corrected chi connectivity index (χ2v) is 7.63. The van der Waals surface area contributed by atoms with Crippen molar-refractivity contribution in [2.75, 3.05) is 31.1 Å². The molecule has 1 aliphatic heterocycles. The summed E-state index contributed by atoms with van der Waals surface area (Å²) in [5.74, 6) is -0.309. The predicted molar refractivity (Wildman–Crippen MR) is 107 cm³/mol. The van der Waals surface area contributed by atoms with Gasteiger partial charge in [-0.3, -0.25) is 14.8 Å². The molecule has 140 valence electrons. The van der Waals surface area contributed by atoms with Gasteiger partial charge in [-0.25, -0.2) is 9.37 Å². The minimum atomic E-state index is -0.298. The summed E-state index contributed by atoms with van der Waals surface area (Å²) in [6.45, 7) is 2.52. The van der Waals surface area contributed by atoms with E-state index in [2.05, 4.69) is 19.9 Å². The molecule has 1 aliphatic rings. The highest BCUT2D eigenvalue weighted by molar-refractivity contribution is 7.22. The molecule has 0 radical (unpaired) electrons. The van der Waals surface area contributed by atoms with E-state index in [-0.39, 0.29) is 11.7 Å². The lowest BCUT2D eigenvalue weighted by atomic mass is 10.1. The van der Waals surface area contributed by atoms with E-state index in [4.69, 9.17) is 0 Å². The van der Waals surface area contributed by atoms with Crippen LogP contribution in [0.15, 0.2) is 48.8 Å². The molecule has 2 aromatic carbocycles. The molecule has 1 amide bonds. The molecule has 5 rings (SSSR count). The Kier molecular flexibility index (Phi) is 4.12. The van der Waals surface area contributed by atoms with Crippen molar-refractivity contribution in [1.82, 2.24) is 19.9 Å². The summed E-state index contributed by atoms with van der Waals surface area (Å²) in [7, 11) is 0. The molecule has 2 aromatic heterocycles. The SMILES string of the molecule is O=C(c1ccc2nccnc2c1)N1CCN(c2nc3c(F)cccc3s2)CC1. The third kappa shape index (κ3) is 2.95. The maximum atomic E-state index is 13.9. The molecule has 0 atom stereocenters. The fourth-order valence-electron chi connectivity index (χ4n) is 3.42. The third-order valence-electron chi connectivity index (χ3n) is 4.91. The summed E-state index contributed by atoms with van der Waals surface area (Å²) in [5, 5.41) is 0.799. The molecule has 6 nitrogen and oxygen atoms in total. The van der Waals surface area contributed by atoms with Crippen LogP contribution in [-0.2, 0) is 0 Å². The summed E-state index contributed by atoms with van der Waals surface area (Å²) in [6, 6.07) is 10.4. The van der Waals surface area contributed by atoms with E-state index in [0.29, 0.717) is 42.8 Å². The fraction of sp³-hybridized carbons (Fsp3) is 0.200. The number of carbonyl (C=O) groups excluding carboxylic acids is 1. The second kappa shape index (κ2) is 6.79. The Labute approximate surface area is 164 Å². The summed E-state index contributed by atoms with van der Waals surface area (Å²) >= 11 is 1.48. The smallest absolute Gasteiger partial charge is 0.254 e. The zero-order valence-electron chi connectivity index (χ0n) is 14.9. The molecule has 28 heavy (non-hydrogen) atoms. The molecule has 0 N–H and O–H groups in total. The Morgan fingerprint density at radius 1 is 1.00 bits per heavy atom. The van der Waals surface area contributed by atoms with Crippen LogP contribution in [0.4, 0.5) is 9.52 Å². The molecule has 0 spiro atoms. The van der Waals surface area contributed by atoms with Gasteiger partial charge in [-0.15, -0.1) is 0 Å². The van der Waals surface area contributed by atoms with Crippen molar-refractivity contribution in [2.45, 2.75) is 0 Å². The maximum absolute atomic E-state index is 13.9. The van der Waals surface area contributed by atoms with Gasteiger partial charge >= 0.3 is 0 Å². The van der Waals surface area contributed by atoms with Crippen molar-refractivity contribution in [3.63, 3.8) is 0 Å². The number of benzene rings is 2. The first-order chi connectivity index (χ1) is 13.7. The van der Waals surface area contributed by atoms with Gasteiger partial charge in [0.1, 0.15) is 11.3 Å². The molecular formula is C20H16FN5OS. The van der Waals surface area contributed by atoms with Gasteiger partial charge in [-0.1, -0.05) is 17.4 Å². The number of thiazole rings is 1. The number of halogens is 1. The quantitative estimate of drug-likeness (QED) is 0.523. The van der Waals surface area contributed by atoms with Crippen LogP contribution in [0.25, 0.3) is 21.3 Å². The average molecular weight is 393 g/mol. The van der Waals surface area contributed by atoms with Crippen LogP contribution in [0.5, 0.6) is 0 Å². The van der Waals surface area contributed by atoms with Crippen molar-refractivity contribution < 1.29 is 9.18 Å². The second-order valence-electron chi connectivity index (χ2n) is 6.62. The summed E-state index contributed by atoms with van der Waals surface area (Å²) < 4.78 is 14.7. The number of piperazine rings is 1. The van der Waals surface area contributed by atoms with Crippen LogP contribution in [-0.4, -0.2) is 51.9 Å². The first-order valence-electron chi connectivity index (χ1n) is 8.99. The molecule has 1 fully saturated rings. The topological polar surface area (TPSA) is 62.2 Å². The molecular weight excluding hydrogens is 377 g/mol. The van der Waals surface area contributed by atoms with E-state index in [1.54, 1.807) is 30.6 Å². The molecule has 4 aromatic rings. The first kappa shape index (κ1) is 17.0. The van der Waals surface area contributed by atoms with Gasteiger partial charge in [0.05, 0.1) is 15.7 Å². The number of rotatable bonds is 2. The van der Waals surface area contributed by atoms with E-state index in [1.165, 1.54) is 17.4 Å². The number of fused-ring (bicyclic) bond motifs is 2. The Bertz CT molecular complexity index is 1190. The van der Waals surface area contributed by atoms with Gasteiger partial charge in [0, 0.05) is 44.1 Å². The van der Waals surface area contributed by atoms with Gasteiger partial charge in [0.15, 0.2) is 5.13 Å². The fourth-order valence-corrected chi connectivity index (χ4v) is 4.45. The van der Waals surface area contributed by atoms with Crippen molar-refractivity contribution >= 4 is 43.6 Å². The number of hydrogen-bond acceptors (Lipinski definition) is 6. The van der Waals surface area contributed by atoms with E-state index in [1.807, 2.05) is 17.0 Å². The van der Waals surface area contributed by atoms with Crippen LogP contribution >= 0.6 is 11.3 Å². The van der Waals surface area contributed by atoms with Crippen LogP contribution < -0.4 is 4.90 Å². The Morgan fingerprint density at radius 3 is 2.57 bits per heavy atom. The Hall–Kier alpha value is -3.13. The maximum Gasteiger partial charge on any atom is 0.254 e. The molecule has 0 saturated carbocycles. The van der Waals surface area contributed by atoms with E-state index in [0.717, 1.165) is 15.3 Å². The van der Waals surface area contributed by atoms with Crippen molar-refractivity contribution in [2.24, 2.45) is 0 Å². The largest absolute Gasteiger partial charge is 0.345 e. The number of amides is 1. The van der Waals surface area contributed by atoms with Gasteiger partial charge in [-0.2, -0.15) is 0 Å². The minimum Gasteiger partial charge on any atom is -0.345 e. The number of hydrogen-bond donors (Lipinski definition) is 0. The van der Waals surface area contributed by atoms with E-state index in [9.17, 15) is 9.18 Å². The average Bonchev–Trinajstić information content (AvgIpc) is 3.19. The molecule has 0 bridgehead atoms. The zero-order valence-corrected chi connectivity index (χ0v) is 15.7. The summed E-state index contributed by atoms with van der Waals surface area (Å²) in [6.07, 6.45) is 3.26. The molecule has 1 saturated heterocycles. The lowest BCUT2D eigenvalue weighted by Crippen LogP contribution is -2.48. The highest BCUT2D eigenvalue weighted by atomic mass is 32.1. The number of nitrogens with zero attached hydrogens (tertiary/aromatic N) is 5. The number of anilines is 1. The highest BCUT2D eigenvalue weighted by Crippen LogP contribution is 2.30.